The lowest BCUT2D eigenvalue weighted by Gasteiger charge is -2.08. The van der Waals surface area contributed by atoms with E-state index in [0.29, 0.717) is 11.5 Å². The Morgan fingerprint density at radius 3 is 2.30 bits per heavy atom. The minimum atomic E-state index is -0.0951. The maximum absolute atomic E-state index is 12.3. The molecule has 0 aliphatic rings. The molecule has 3 aromatic rings. The fourth-order valence-electron chi connectivity index (χ4n) is 2.28. The molecular formula is C19H18N2OS. The predicted molar refractivity (Wildman–Crippen MR) is 96.0 cm³/mol. The molecule has 0 unspecified atom stereocenters. The summed E-state index contributed by atoms with van der Waals surface area (Å²) in [5, 5.41) is 5.85. The molecule has 0 fully saturated rings. The number of hydrogen-bond acceptors (Lipinski definition) is 3. The molecule has 0 aliphatic carbocycles. The third kappa shape index (κ3) is 3.66. The SMILES string of the molecule is CC(C)c1ccc(C(=O)Nc2ccc(-c3nccs3)cc2)cc1. The molecule has 1 heterocycles. The minimum absolute atomic E-state index is 0.0951. The van der Waals surface area contributed by atoms with Crippen molar-refractivity contribution < 1.29 is 4.79 Å². The first-order valence-corrected chi connectivity index (χ1v) is 8.42. The molecule has 116 valence electrons. The molecule has 3 rings (SSSR count). The van der Waals surface area contributed by atoms with Gasteiger partial charge in [0.15, 0.2) is 0 Å². The van der Waals surface area contributed by atoms with Crippen molar-refractivity contribution in [3.05, 3.63) is 71.2 Å². The summed E-state index contributed by atoms with van der Waals surface area (Å²) in [4.78, 5) is 16.6. The van der Waals surface area contributed by atoms with E-state index in [1.54, 1.807) is 17.5 Å². The number of rotatable bonds is 4. The molecule has 1 amide bonds. The summed E-state index contributed by atoms with van der Waals surface area (Å²) < 4.78 is 0. The van der Waals surface area contributed by atoms with Crippen LogP contribution in [0.5, 0.6) is 0 Å². The van der Waals surface area contributed by atoms with Crippen LogP contribution >= 0.6 is 11.3 Å². The first-order valence-electron chi connectivity index (χ1n) is 7.55. The Labute approximate surface area is 140 Å². The zero-order valence-corrected chi connectivity index (χ0v) is 13.9. The van der Waals surface area contributed by atoms with E-state index >= 15 is 0 Å². The maximum atomic E-state index is 12.3. The smallest absolute Gasteiger partial charge is 0.255 e. The molecule has 23 heavy (non-hydrogen) atoms. The van der Waals surface area contributed by atoms with Crippen molar-refractivity contribution in [2.75, 3.05) is 5.32 Å². The van der Waals surface area contributed by atoms with Crippen molar-refractivity contribution >= 4 is 22.9 Å². The molecular weight excluding hydrogens is 304 g/mol. The van der Waals surface area contributed by atoms with E-state index in [0.717, 1.165) is 16.3 Å². The van der Waals surface area contributed by atoms with Crippen LogP contribution in [0.25, 0.3) is 10.6 Å². The molecule has 4 heteroatoms. The molecule has 0 saturated heterocycles. The summed E-state index contributed by atoms with van der Waals surface area (Å²) in [6.07, 6.45) is 1.79. The number of thiazole rings is 1. The Balaban J connectivity index is 1.70. The van der Waals surface area contributed by atoms with E-state index in [-0.39, 0.29) is 5.91 Å². The van der Waals surface area contributed by atoms with E-state index in [2.05, 4.69) is 24.1 Å². The summed E-state index contributed by atoms with van der Waals surface area (Å²) in [7, 11) is 0. The van der Waals surface area contributed by atoms with Crippen molar-refractivity contribution in [2.24, 2.45) is 0 Å². The number of carbonyl (C=O) groups excluding carboxylic acids is 1. The van der Waals surface area contributed by atoms with Gasteiger partial charge in [0, 0.05) is 28.4 Å². The van der Waals surface area contributed by atoms with Crippen molar-refractivity contribution in [3.8, 4) is 10.6 Å². The van der Waals surface area contributed by atoms with Gasteiger partial charge in [-0.1, -0.05) is 26.0 Å². The Kier molecular flexibility index (Phi) is 4.53. The Bertz CT molecular complexity index is 775. The molecule has 0 spiro atoms. The second-order valence-corrected chi connectivity index (χ2v) is 6.54. The second-order valence-electron chi connectivity index (χ2n) is 5.65. The van der Waals surface area contributed by atoms with E-state index in [9.17, 15) is 4.79 Å². The number of nitrogens with one attached hydrogen (secondary N) is 1. The average molecular weight is 322 g/mol. The molecule has 1 aromatic heterocycles. The molecule has 0 saturated carbocycles. The van der Waals surface area contributed by atoms with Crippen molar-refractivity contribution in [1.82, 2.24) is 4.98 Å². The van der Waals surface area contributed by atoms with Crippen LogP contribution in [-0.2, 0) is 0 Å². The summed E-state index contributed by atoms with van der Waals surface area (Å²) >= 11 is 1.60. The maximum Gasteiger partial charge on any atom is 0.255 e. The standard InChI is InChI=1S/C19H18N2OS/c1-13(2)14-3-5-15(6-4-14)18(22)21-17-9-7-16(8-10-17)19-20-11-12-23-19/h3-13H,1-2H3,(H,21,22). The first kappa shape index (κ1) is 15.4. The van der Waals surface area contributed by atoms with Crippen LogP contribution in [0, 0.1) is 0 Å². The van der Waals surface area contributed by atoms with Crippen LogP contribution < -0.4 is 5.32 Å². The van der Waals surface area contributed by atoms with Gasteiger partial charge in [0.2, 0.25) is 0 Å². The van der Waals surface area contributed by atoms with Crippen LogP contribution in [0.2, 0.25) is 0 Å². The quantitative estimate of drug-likeness (QED) is 0.718. The van der Waals surface area contributed by atoms with Crippen LogP contribution in [-0.4, -0.2) is 10.9 Å². The van der Waals surface area contributed by atoms with E-state index in [4.69, 9.17) is 0 Å². The highest BCUT2D eigenvalue weighted by Gasteiger charge is 2.07. The Morgan fingerprint density at radius 2 is 1.74 bits per heavy atom. The molecule has 0 radical (unpaired) electrons. The van der Waals surface area contributed by atoms with Gasteiger partial charge in [-0.2, -0.15) is 0 Å². The highest BCUT2D eigenvalue weighted by Crippen LogP contribution is 2.23. The largest absolute Gasteiger partial charge is 0.322 e. The molecule has 0 atom stereocenters. The zero-order valence-electron chi connectivity index (χ0n) is 13.1. The van der Waals surface area contributed by atoms with Gasteiger partial charge in [-0.05, 0) is 47.9 Å². The number of nitrogens with zero attached hydrogens (tertiary/aromatic N) is 1. The number of aromatic nitrogens is 1. The third-order valence-electron chi connectivity index (χ3n) is 3.66. The molecule has 3 nitrogen and oxygen atoms in total. The average Bonchev–Trinajstić information content (AvgIpc) is 3.10. The van der Waals surface area contributed by atoms with Crippen molar-refractivity contribution in [3.63, 3.8) is 0 Å². The number of amides is 1. The predicted octanol–water partition coefficient (Wildman–Crippen LogP) is 5.19. The van der Waals surface area contributed by atoms with Crippen LogP contribution in [0.15, 0.2) is 60.1 Å². The van der Waals surface area contributed by atoms with Gasteiger partial charge < -0.3 is 5.32 Å². The fourth-order valence-corrected chi connectivity index (χ4v) is 2.93. The lowest BCUT2D eigenvalue weighted by Crippen LogP contribution is -2.11. The number of hydrogen-bond donors (Lipinski definition) is 1. The van der Waals surface area contributed by atoms with Gasteiger partial charge in [0.05, 0.1) is 0 Å². The zero-order chi connectivity index (χ0) is 16.2. The second kappa shape index (κ2) is 6.75. The number of benzene rings is 2. The number of carbonyl (C=O) groups is 1. The van der Waals surface area contributed by atoms with Gasteiger partial charge in [-0.25, -0.2) is 4.98 Å². The molecule has 1 N–H and O–H groups in total. The Hall–Kier alpha value is -2.46. The normalized spacial score (nSPS) is 10.7. The highest BCUT2D eigenvalue weighted by molar-refractivity contribution is 7.13. The van der Waals surface area contributed by atoms with Crippen molar-refractivity contribution in [2.45, 2.75) is 19.8 Å². The van der Waals surface area contributed by atoms with Gasteiger partial charge in [-0.3, -0.25) is 4.79 Å². The van der Waals surface area contributed by atoms with Gasteiger partial charge in [0.25, 0.3) is 5.91 Å². The van der Waals surface area contributed by atoms with E-state index < -0.39 is 0 Å². The third-order valence-corrected chi connectivity index (χ3v) is 4.48. The lowest BCUT2D eigenvalue weighted by molar-refractivity contribution is 0.102. The van der Waals surface area contributed by atoms with Gasteiger partial charge in [-0.15, -0.1) is 11.3 Å². The summed E-state index contributed by atoms with van der Waals surface area (Å²) in [6, 6.07) is 15.5. The Morgan fingerprint density at radius 1 is 1.04 bits per heavy atom. The first-order chi connectivity index (χ1) is 11.1. The van der Waals surface area contributed by atoms with Gasteiger partial charge in [0.1, 0.15) is 5.01 Å². The highest BCUT2D eigenvalue weighted by atomic mass is 32.1. The monoisotopic (exact) mass is 322 g/mol. The van der Waals surface area contributed by atoms with E-state index in [1.807, 2.05) is 53.9 Å². The van der Waals surface area contributed by atoms with Crippen LogP contribution in [0.1, 0.15) is 35.7 Å². The van der Waals surface area contributed by atoms with Crippen LogP contribution in [0.3, 0.4) is 0 Å². The fraction of sp³-hybridized carbons (Fsp3) is 0.158. The molecule has 0 aliphatic heterocycles. The number of anilines is 1. The lowest BCUT2D eigenvalue weighted by atomic mass is 10.0. The van der Waals surface area contributed by atoms with Gasteiger partial charge >= 0.3 is 0 Å². The van der Waals surface area contributed by atoms with E-state index in [1.165, 1.54) is 5.56 Å². The van der Waals surface area contributed by atoms with Crippen molar-refractivity contribution in [1.29, 1.82) is 0 Å². The molecule has 0 bridgehead atoms. The summed E-state index contributed by atoms with van der Waals surface area (Å²) in [5.41, 5.74) is 3.73. The summed E-state index contributed by atoms with van der Waals surface area (Å²) in [5.74, 6) is 0.368. The molecule has 2 aromatic carbocycles. The summed E-state index contributed by atoms with van der Waals surface area (Å²) in [6.45, 7) is 4.28. The van der Waals surface area contributed by atoms with Crippen LogP contribution in [0.4, 0.5) is 5.69 Å². The minimum Gasteiger partial charge on any atom is -0.322 e. The topological polar surface area (TPSA) is 42.0 Å².